The van der Waals surface area contributed by atoms with Crippen LogP contribution < -0.4 is 10.1 Å². The molecular weight excluding hydrogens is 300 g/mol. The Labute approximate surface area is 133 Å². The molecule has 1 aliphatic heterocycles. The van der Waals surface area contributed by atoms with E-state index in [2.05, 4.69) is 5.32 Å². The van der Waals surface area contributed by atoms with E-state index in [9.17, 15) is 8.42 Å². The molecule has 6 heteroatoms. The molecular formula is C16H26N2O3S. The molecule has 1 saturated heterocycles. The van der Waals surface area contributed by atoms with Gasteiger partial charge in [-0.3, -0.25) is 0 Å². The van der Waals surface area contributed by atoms with E-state index in [1.54, 1.807) is 28.6 Å². The lowest BCUT2D eigenvalue weighted by Crippen LogP contribution is -2.46. The minimum Gasteiger partial charge on any atom is -0.494 e. The Hall–Kier alpha value is -1.11. The van der Waals surface area contributed by atoms with E-state index in [0.29, 0.717) is 23.8 Å². The second kappa shape index (κ2) is 7.94. The highest BCUT2D eigenvalue weighted by molar-refractivity contribution is 7.89. The van der Waals surface area contributed by atoms with Gasteiger partial charge in [0.05, 0.1) is 11.5 Å². The lowest BCUT2D eigenvalue weighted by Gasteiger charge is -2.33. The van der Waals surface area contributed by atoms with Crippen LogP contribution in [0.4, 0.5) is 0 Å². The lowest BCUT2D eigenvalue weighted by atomic mass is 10.1. The van der Waals surface area contributed by atoms with E-state index in [1.165, 1.54) is 0 Å². The molecule has 1 N–H and O–H groups in total. The van der Waals surface area contributed by atoms with Crippen molar-refractivity contribution in [3.63, 3.8) is 0 Å². The van der Waals surface area contributed by atoms with Crippen LogP contribution in [-0.4, -0.2) is 45.0 Å². The van der Waals surface area contributed by atoms with E-state index < -0.39 is 10.0 Å². The van der Waals surface area contributed by atoms with Gasteiger partial charge in [0, 0.05) is 18.7 Å². The zero-order chi connectivity index (χ0) is 16.0. The molecule has 0 amide bonds. The highest BCUT2D eigenvalue weighted by atomic mass is 32.2. The fourth-order valence-electron chi connectivity index (χ4n) is 2.84. The number of rotatable bonds is 7. The van der Waals surface area contributed by atoms with E-state index in [0.717, 1.165) is 32.4 Å². The maximum absolute atomic E-state index is 13.0. The van der Waals surface area contributed by atoms with Gasteiger partial charge in [0.25, 0.3) is 0 Å². The summed E-state index contributed by atoms with van der Waals surface area (Å²) in [4.78, 5) is 0.324. The average Bonchev–Trinajstić information content (AvgIpc) is 2.54. The Bertz CT molecular complexity index is 569. The predicted octanol–water partition coefficient (Wildman–Crippen LogP) is 2.24. The zero-order valence-corrected chi connectivity index (χ0v) is 14.2. The van der Waals surface area contributed by atoms with Gasteiger partial charge in [-0.05, 0) is 51.4 Å². The quantitative estimate of drug-likeness (QED) is 0.835. The summed E-state index contributed by atoms with van der Waals surface area (Å²) in [5.41, 5.74) is 0. The molecule has 0 radical (unpaired) electrons. The number of hydrogen-bond acceptors (Lipinski definition) is 4. The Morgan fingerprint density at radius 3 is 2.64 bits per heavy atom. The van der Waals surface area contributed by atoms with Crippen LogP contribution in [0.2, 0.25) is 0 Å². The van der Waals surface area contributed by atoms with Crippen LogP contribution in [0.1, 0.15) is 33.1 Å². The number of ether oxygens (including phenoxy) is 1. The number of piperidine rings is 1. The molecule has 124 valence electrons. The summed E-state index contributed by atoms with van der Waals surface area (Å²) >= 11 is 0. The van der Waals surface area contributed by atoms with Crippen molar-refractivity contribution in [3.05, 3.63) is 24.3 Å². The van der Waals surface area contributed by atoms with Gasteiger partial charge in [-0.25, -0.2) is 8.42 Å². The highest BCUT2D eigenvalue weighted by Gasteiger charge is 2.31. The summed E-state index contributed by atoms with van der Waals surface area (Å²) in [7, 11) is -3.48. The van der Waals surface area contributed by atoms with Gasteiger partial charge in [0.15, 0.2) is 0 Å². The first-order chi connectivity index (χ1) is 10.6. The summed E-state index contributed by atoms with van der Waals surface area (Å²) in [5.74, 6) is 0.602. The smallest absolute Gasteiger partial charge is 0.243 e. The first-order valence-corrected chi connectivity index (χ1v) is 9.49. The normalized spacial score (nSPS) is 16.9. The minimum absolute atomic E-state index is 0.0851. The fourth-order valence-corrected chi connectivity index (χ4v) is 4.65. The Morgan fingerprint density at radius 2 is 2.00 bits per heavy atom. The SMILES string of the molecule is CCCN(C1CCNCC1)S(=O)(=O)c1cccc(OCC)c1. The number of sulfonamides is 1. The van der Waals surface area contributed by atoms with Crippen molar-refractivity contribution in [2.75, 3.05) is 26.2 Å². The van der Waals surface area contributed by atoms with E-state index in [4.69, 9.17) is 4.74 Å². The van der Waals surface area contributed by atoms with Crippen LogP contribution in [0.3, 0.4) is 0 Å². The summed E-state index contributed by atoms with van der Waals surface area (Å²) in [6, 6.07) is 6.90. The van der Waals surface area contributed by atoms with Gasteiger partial charge in [0.2, 0.25) is 10.0 Å². The zero-order valence-electron chi connectivity index (χ0n) is 13.4. The summed E-state index contributed by atoms with van der Waals surface area (Å²) in [5, 5.41) is 3.29. The van der Waals surface area contributed by atoms with Crippen molar-refractivity contribution in [1.82, 2.24) is 9.62 Å². The highest BCUT2D eigenvalue weighted by Crippen LogP contribution is 2.25. The van der Waals surface area contributed by atoms with Crippen LogP contribution in [0.15, 0.2) is 29.2 Å². The molecule has 0 bridgehead atoms. The van der Waals surface area contributed by atoms with Crippen molar-refractivity contribution >= 4 is 10.0 Å². The fraction of sp³-hybridized carbons (Fsp3) is 0.625. The molecule has 1 heterocycles. The third-order valence-electron chi connectivity index (χ3n) is 3.88. The topological polar surface area (TPSA) is 58.6 Å². The second-order valence-electron chi connectivity index (χ2n) is 5.50. The lowest BCUT2D eigenvalue weighted by molar-refractivity contribution is 0.262. The van der Waals surface area contributed by atoms with Gasteiger partial charge < -0.3 is 10.1 Å². The summed E-state index contributed by atoms with van der Waals surface area (Å²) in [6.07, 6.45) is 2.54. The predicted molar refractivity (Wildman–Crippen MR) is 87.7 cm³/mol. The standard InChI is InChI=1S/C16H26N2O3S/c1-3-12-18(14-8-10-17-11-9-14)22(19,20)16-7-5-6-15(13-16)21-4-2/h5-7,13-14,17H,3-4,8-12H2,1-2H3. The van der Waals surface area contributed by atoms with Crippen LogP contribution in [-0.2, 0) is 10.0 Å². The first-order valence-electron chi connectivity index (χ1n) is 8.05. The molecule has 0 saturated carbocycles. The third kappa shape index (κ3) is 4.00. The number of benzene rings is 1. The Morgan fingerprint density at radius 1 is 1.27 bits per heavy atom. The second-order valence-corrected chi connectivity index (χ2v) is 7.40. The first kappa shape index (κ1) is 17.2. The van der Waals surface area contributed by atoms with Crippen molar-refractivity contribution in [2.45, 2.75) is 44.0 Å². The number of hydrogen-bond donors (Lipinski definition) is 1. The number of nitrogens with zero attached hydrogens (tertiary/aromatic N) is 1. The maximum Gasteiger partial charge on any atom is 0.243 e. The van der Waals surface area contributed by atoms with Crippen molar-refractivity contribution < 1.29 is 13.2 Å². The molecule has 1 fully saturated rings. The van der Waals surface area contributed by atoms with Gasteiger partial charge in [-0.15, -0.1) is 0 Å². The maximum atomic E-state index is 13.0. The van der Waals surface area contributed by atoms with Gasteiger partial charge in [0.1, 0.15) is 5.75 Å². The summed E-state index contributed by atoms with van der Waals surface area (Å²) < 4.78 is 33.2. The molecule has 1 aromatic rings. The monoisotopic (exact) mass is 326 g/mol. The molecule has 2 rings (SSSR count). The van der Waals surface area contributed by atoms with Gasteiger partial charge in [-0.2, -0.15) is 4.31 Å². The van der Waals surface area contributed by atoms with Crippen molar-refractivity contribution in [3.8, 4) is 5.75 Å². The molecule has 0 atom stereocenters. The molecule has 1 aromatic carbocycles. The van der Waals surface area contributed by atoms with Gasteiger partial charge in [-0.1, -0.05) is 13.0 Å². The largest absolute Gasteiger partial charge is 0.494 e. The molecule has 0 spiro atoms. The van der Waals surface area contributed by atoms with Crippen molar-refractivity contribution in [1.29, 1.82) is 0 Å². The molecule has 22 heavy (non-hydrogen) atoms. The van der Waals surface area contributed by atoms with Crippen molar-refractivity contribution in [2.24, 2.45) is 0 Å². The van der Waals surface area contributed by atoms with Crippen LogP contribution >= 0.6 is 0 Å². The molecule has 0 aromatic heterocycles. The van der Waals surface area contributed by atoms with Crippen LogP contribution in [0.25, 0.3) is 0 Å². The molecule has 1 aliphatic rings. The summed E-state index contributed by atoms with van der Waals surface area (Å²) in [6.45, 7) is 6.74. The Balaban J connectivity index is 2.29. The van der Waals surface area contributed by atoms with Crippen LogP contribution in [0, 0.1) is 0 Å². The van der Waals surface area contributed by atoms with Gasteiger partial charge >= 0.3 is 0 Å². The minimum atomic E-state index is -3.48. The third-order valence-corrected chi connectivity index (χ3v) is 5.83. The molecule has 0 unspecified atom stereocenters. The molecule has 0 aliphatic carbocycles. The number of nitrogens with one attached hydrogen (secondary N) is 1. The average molecular weight is 326 g/mol. The van der Waals surface area contributed by atoms with Crippen LogP contribution in [0.5, 0.6) is 5.75 Å². The Kier molecular flexibility index (Phi) is 6.23. The van der Waals surface area contributed by atoms with E-state index >= 15 is 0 Å². The molecule has 5 nitrogen and oxygen atoms in total. The van der Waals surface area contributed by atoms with E-state index in [1.807, 2.05) is 13.8 Å². The van der Waals surface area contributed by atoms with E-state index in [-0.39, 0.29) is 6.04 Å².